The van der Waals surface area contributed by atoms with Gasteiger partial charge in [0.1, 0.15) is 5.92 Å². The number of aliphatic hydroxyl groups excluding tert-OH is 1. The van der Waals surface area contributed by atoms with Crippen LogP contribution < -0.4 is 5.73 Å². The SMILES string of the molecule is CN(CCO)C(=O)C(C(N)=S)c1ccccc1. The van der Waals surface area contributed by atoms with Crippen molar-refractivity contribution in [3.05, 3.63) is 35.9 Å². The average molecular weight is 252 g/mol. The lowest BCUT2D eigenvalue weighted by Gasteiger charge is -2.22. The number of hydrogen-bond donors (Lipinski definition) is 2. The van der Waals surface area contributed by atoms with Crippen LogP contribution in [0.1, 0.15) is 11.5 Å². The first-order valence-electron chi connectivity index (χ1n) is 5.28. The lowest BCUT2D eigenvalue weighted by atomic mass is 9.98. The van der Waals surface area contributed by atoms with Crippen molar-refractivity contribution in [2.24, 2.45) is 5.73 Å². The summed E-state index contributed by atoms with van der Waals surface area (Å²) in [5.74, 6) is -0.819. The molecule has 1 amide bonds. The number of benzene rings is 1. The third kappa shape index (κ3) is 3.51. The van der Waals surface area contributed by atoms with Crippen molar-refractivity contribution >= 4 is 23.1 Å². The standard InChI is InChI=1S/C12H16N2O2S/c1-14(7-8-15)12(16)10(11(13)17)9-5-3-2-4-6-9/h2-6,10,15H,7-8H2,1H3,(H2,13,17). The van der Waals surface area contributed by atoms with E-state index in [-0.39, 0.29) is 24.0 Å². The van der Waals surface area contributed by atoms with Crippen molar-refractivity contribution in [3.63, 3.8) is 0 Å². The number of nitrogens with zero attached hydrogens (tertiary/aromatic N) is 1. The average Bonchev–Trinajstić information content (AvgIpc) is 2.30. The number of hydrogen-bond acceptors (Lipinski definition) is 3. The van der Waals surface area contributed by atoms with E-state index in [1.807, 2.05) is 30.3 Å². The summed E-state index contributed by atoms with van der Waals surface area (Å²) in [6.45, 7) is 0.186. The Balaban J connectivity index is 2.95. The monoisotopic (exact) mass is 252 g/mol. The van der Waals surface area contributed by atoms with Gasteiger partial charge in [-0.25, -0.2) is 0 Å². The molecule has 92 valence electrons. The van der Waals surface area contributed by atoms with Crippen molar-refractivity contribution in [3.8, 4) is 0 Å². The van der Waals surface area contributed by atoms with Gasteiger partial charge in [-0.1, -0.05) is 42.5 Å². The summed E-state index contributed by atoms with van der Waals surface area (Å²) < 4.78 is 0. The molecule has 0 saturated carbocycles. The minimum atomic E-state index is -0.622. The highest BCUT2D eigenvalue weighted by atomic mass is 32.1. The van der Waals surface area contributed by atoms with Crippen molar-refractivity contribution in [1.29, 1.82) is 0 Å². The van der Waals surface area contributed by atoms with Crippen LogP contribution in [0.5, 0.6) is 0 Å². The predicted molar refractivity (Wildman–Crippen MR) is 70.7 cm³/mol. The summed E-state index contributed by atoms with van der Waals surface area (Å²) in [7, 11) is 1.62. The van der Waals surface area contributed by atoms with Gasteiger partial charge in [0, 0.05) is 13.6 Å². The summed E-state index contributed by atoms with van der Waals surface area (Å²) >= 11 is 4.95. The molecule has 1 rings (SSSR count). The zero-order valence-electron chi connectivity index (χ0n) is 9.67. The second-order valence-electron chi connectivity index (χ2n) is 3.73. The van der Waals surface area contributed by atoms with Gasteiger partial charge in [-0.15, -0.1) is 0 Å². The van der Waals surface area contributed by atoms with Crippen molar-refractivity contribution < 1.29 is 9.90 Å². The van der Waals surface area contributed by atoms with E-state index in [0.29, 0.717) is 0 Å². The largest absolute Gasteiger partial charge is 0.395 e. The number of amides is 1. The second kappa shape index (κ2) is 6.32. The molecule has 1 atom stereocenters. The Labute approximate surface area is 106 Å². The summed E-state index contributed by atoms with van der Waals surface area (Å²) in [6, 6.07) is 9.16. The van der Waals surface area contributed by atoms with Gasteiger partial charge in [0.05, 0.1) is 11.6 Å². The molecule has 0 saturated heterocycles. The fourth-order valence-electron chi connectivity index (χ4n) is 1.55. The number of likely N-dealkylation sites (N-methyl/N-ethyl adjacent to an activating group) is 1. The van der Waals surface area contributed by atoms with E-state index in [0.717, 1.165) is 5.56 Å². The Kier molecular flexibility index (Phi) is 5.06. The second-order valence-corrected chi connectivity index (χ2v) is 4.20. The van der Waals surface area contributed by atoms with Gasteiger partial charge in [0.25, 0.3) is 0 Å². The van der Waals surface area contributed by atoms with Crippen molar-refractivity contribution in [2.45, 2.75) is 5.92 Å². The van der Waals surface area contributed by atoms with Gasteiger partial charge in [0.15, 0.2) is 0 Å². The fraction of sp³-hybridized carbons (Fsp3) is 0.333. The van der Waals surface area contributed by atoms with Gasteiger partial charge in [0.2, 0.25) is 5.91 Å². The first-order valence-corrected chi connectivity index (χ1v) is 5.69. The molecule has 0 spiro atoms. The van der Waals surface area contributed by atoms with E-state index in [9.17, 15) is 4.79 Å². The highest BCUT2D eigenvalue weighted by Gasteiger charge is 2.25. The van der Waals surface area contributed by atoms with Crippen LogP contribution in [-0.2, 0) is 4.79 Å². The number of rotatable bonds is 5. The molecule has 0 radical (unpaired) electrons. The normalized spacial score (nSPS) is 11.9. The van der Waals surface area contributed by atoms with Gasteiger partial charge in [-0.2, -0.15) is 0 Å². The lowest BCUT2D eigenvalue weighted by Crippen LogP contribution is -2.38. The predicted octanol–water partition coefficient (Wildman–Crippen LogP) is 0.507. The maximum Gasteiger partial charge on any atom is 0.236 e. The van der Waals surface area contributed by atoms with Crippen molar-refractivity contribution in [1.82, 2.24) is 4.90 Å². The lowest BCUT2D eigenvalue weighted by molar-refractivity contribution is -0.130. The Morgan fingerprint density at radius 1 is 1.47 bits per heavy atom. The molecule has 0 aliphatic rings. The molecular weight excluding hydrogens is 236 g/mol. The van der Waals surface area contributed by atoms with Gasteiger partial charge in [-0.05, 0) is 5.56 Å². The highest BCUT2D eigenvalue weighted by molar-refractivity contribution is 7.80. The molecular formula is C12H16N2O2S. The van der Waals surface area contributed by atoms with E-state index in [4.69, 9.17) is 23.1 Å². The molecule has 5 heteroatoms. The molecule has 0 aliphatic carbocycles. The maximum atomic E-state index is 12.1. The summed E-state index contributed by atoms with van der Waals surface area (Å²) in [5, 5.41) is 8.82. The zero-order valence-corrected chi connectivity index (χ0v) is 10.5. The van der Waals surface area contributed by atoms with E-state index in [1.165, 1.54) is 4.90 Å². The molecule has 0 aliphatic heterocycles. The molecule has 0 bridgehead atoms. The van der Waals surface area contributed by atoms with Crippen LogP contribution in [-0.4, -0.2) is 41.1 Å². The fourth-order valence-corrected chi connectivity index (χ4v) is 1.79. The first-order chi connectivity index (χ1) is 8.07. The van der Waals surface area contributed by atoms with E-state index in [1.54, 1.807) is 7.05 Å². The topological polar surface area (TPSA) is 66.6 Å². The number of carbonyl (C=O) groups is 1. The van der Waals surface area contributed by atoms with Gasteiger partial charge >= 0.3 is 0 Å². The van der Waals surface area contributed by atoms with Crippen LogP contribution in [0.15, 0.2) is 30.3 Å². The molecule has 3 N–H and O–H groups in total. The Morgan fingerprint density at radius 2 is 2.06 bits per heavy atom. The molecule has 17 heavy (non-hydrogen) atoms. The molecule has 1 aromatic rings. The van der Waals surface area contributed by atoms with Gasteiger partial charge in [-0.3, -0.25) is 4.79 Å². The quantitative estimate of drug-likeness (QED) is 0.749. The van der Waals surface area contributed by atoms with Crippen molar-refractivity contribution in [2.75, 3.05) is 20.2 Å². The number of thiocarbonyl (C=S) groups is 1. The summed E-state index contributed by atoms with van der Waals surface area (Å²) in [6.07, 6.45) is 0. The minimum absolute atomic E-state index is 0.0823. The smallest absolute Gasteiger partial charge is 0.236 e. The Hall–Kier alpha value is -1.46. The van der Waals surface area contributed by atoms with Crippen LogP contribution >= 0.6 is 12.2 Å². The van der Waals surface area contributed by atoms with Crippen LogP contribution in [0.2, 0.25) is 0 Å². The third-order valence-electron chi connectivity index (χ3n) is 2.48. The third-order valence-corrected chi connectivity index (χ3v) is 2.71. The van der Waals surface area contributed by atoms with Crippen LogP contribution in [0.25, 0.3) is 0 Å². The Bertz CT molecular complexity index is 395. The molecule has 1 aromatic carbocycles. The minimum Gasteiger partial charge on any atom is -0.395 e. The number of nitrogens with two attached hydrogens (primary N) is 1. The summed E-state index contributed by atoms with van der Waals surface area (Å²) in [4.78, 5) is 13.7. The van der Waals surface area contributed by atoms with Crippen LogP contribution in [0.4, 0.5) is 0 Å². The molecule has 0 heterocycles. The number of aliphatic hydroxyl groups is 1. The van der Waals surface area contributed by atoms with Crippen LogP contribution in [0.3, 0.4) is 0 Å². The highest BCUT2D eigenvalue weighted by Crippen LogP contribution is 2.18. The van der Waals surface area contributed by atoms with Gasteiger partial charge < -0.3 is 15.7 Å². The van der Waals surface area contributed by atoms with E-state index >= 15 is 0 Å². The molecule has 0 aromatic heterocycles. The first kappa shape index (κ1) is 13.6. The molecule has 1 unspecified atom stereocenters. The molecule has 0 fully saturated rings. The van der Waals surface area contributed by atoms with Crippen LogP contribution in [0, 0.1) is 0 Å². The molecule has 4 nitrogen and oxygen atoms in total. The Morgan fingerprint density at radius 3 is 2.53 bits per heavy atom. The number of carbonyl (C=O) groups excluding carboxylic acids is 1. The van der Waals surface area contributed by atoms with E-state index < -0.39 is 5.92 Å². The zero-order chi connectivity index (χ0) is 12.8. The van der Waals surface area contributed by atoms with E-state index in [2.05, 4.69) is 0 Å². The maximum absolute atomic E-state index is 12.1. The summed E-state index contributed by atoms with van der Waals surface area (Å²) in [5.41, 5.74) is 6.40.